The Kier molecular flexibility index (Phi) is 6.32. The van der Waals surface area contributed by atoms with E-state index >= 15 is 0 Å². The van der Waals surface area contributed by atoms with E-state index in [1.807, 2.05) is 44.1 Å². The molecular weight excluding hydrogens is 242 g/mol. The number of carbonyl (C=O) groups excluding carboxylic acids is 1. The predicted molar refractivity (Wildman–Crippen MR) is 77.5 cm³/mol. The number of carbonyl (C=O) groups is 1. The Morgan fingerprint density at radius 1 is 1.42 bits per heavy atom. The third-order valence-corrected chi connectivity index (χ3v) is 2.58. The summed E-state index contributed by atoms with van der Waals surface area (Å²) in [6, 6.07) is 5.72. The number of ether oxygens (including phenoxy) is 1. The summed E-state index contributed by atoms with van der Waals surface area (Å²) in [5, 5.41) is 2.82. The minimum Gasteiger partial charge on any atom is -0.490 e. The summed E-state index contributed by atoms with van der Waals surface area (Å²) in [5.74, 6) is 0.607. The minimum atomic E-state index is -0.0937. The third-order valence-electron chi connectivity index (χ3n) is 2.58. The lowest BCUT2D eigenvalue weighted by molar-refractivity contribution is -0.116. The molecule has 19 heavy (non-hydrogen) atoms. The van der Waals surface area contributed by atoms with Crippen LogP contribution in [0.25, 0.3) is 0 Å². The summed E-state index contributed by atoms with van der Waals surface area (Å²) in [6.45, 7) is 3.74. The lowest BCUT2D eigenvalue weighted by Crippen LogP contribution is -2.20. The van der Waals surface area contributed by atoms with Gasteiger partial charge in [-0.15, -0.1) is 0 Å². The van der Waals surface area contributed by atoms with Crippen molar-refractivity contribution >= 4 is 11.6 Å². The summed E-state index contributed by atoms with van der Waals surface area (Å²) < 4.78 is 5.72. The highest BCUT2D eigenvalue weighted by Crippen LogP contribution is 2.25. The molecule has 5 nitrogen and oxygen atoms in total. The monoisotopic (exact) mass is 265 g/mol. The van der Waals surface area contributed by atoms with Crippen LogP contribution in [0.3, 0.4) is 0 Å². The summed E-state index contributed by atoms with van der Waals surface area (Å²) in [4.78, 5) is 13.6. The third kappa shape index (κ3) is 5.72. The number of benzene rings is 1. The van der Waals surface area contributed by atoms with Crippen LogP contribution < -0.4 is 15.8 Å². The van der Waals surface area contributed by atoms with Gasteiger partial charge in [0.15, 0.2) is 0 Å². The highest BCUT2D eigenvalue weighted by Gasteiger charge is 2.08. The lowest BCUT2D eigenvalue weighted by Gasteiger charge is -2.15. The van der Waals surface area contributed by atoms with Crippen molar-refractivity contribution in [1.29, 1.82) is 0 Å². The topological polar surface area (TPSA) is 67.6 Å². The summed E-state index contributed by atoms with van der Waals surface area (Å²) in [5.41, 5.74) is 7.15. The number of aryl methyl sites for hydroxylation is 1. The van der Waals surface area contributed by atoms with E-state index in [0.29, 0.717) is 31.0 Å². The second-order valence-corrected chi connectivity index (χ2v) is 4.74. The molecule has 0 saturated carbocycles. The first-order valence-corrected chi connectivity index (χ1v) is 6.41. The fourth-order valence-electron chi connectivity index (χ4n) is 1.53. The number of likely N-dealkylation sites (N-methyl/N-ethyl adjacent to an activating group) is 1. The Bertz CT molecular complexity index is 419. The number of nitrogens with two attached hydrogens (primary N) is 1. The quantitative estimate of drug-likeness (QED) is 0.778. The van der Waals surface area contributed by atoms with Crippen LogP contribution in [0, 0.1) is 6.92 Å². The number of nitrogens with one attached hydrogen (secondary N) is 1. The second kappa shape index (κ2) is 7.76. The molecule has 106 valence electrons. The van der Waals surface area contributed by atoms with Crippen LogP contribution in [-0.4, -0.2) is 44.6 Å². The molecule has 0 spiro atoms. The van der Waals surface area contributed by atoms with Crippen molar-refractivity contribution in [3.63, 3.8) is 0 Å². The van der Waals surface area contributed by atoms with Gasteiger partial charge in [-0.1, -0.05) is 6.07 Å². The zero-order valence-electron chi connectivity index (χ0n) is 11.9. The van der Waals surface area contributed by atoms with E-state index in [1.54, 1.807) is 0 Å². The maximum Gasteiger partial charge on any atom is 0.225 e. The Balaban J connectivity index is 2.70. The number of hydrogen-bond acceptors (Lipinski definition) is 4. The van der Waals surface area contributed by atoms with Crippen molar-refractivity contribution in [3.05, 3.63) is 23.8 Å². The molecule has 0 unspecified atom stereocenters. The van der Waals surface area contributed by atoms with Crippen LogP contribution in [0.1, 0.15) is 12.0 Å². The predicted octanol–water partition coefficient (Wildman–Crippen LogP) is 1.22. The molecule has 1 rings (SSSR count). The van der Waals surface area contributed by atoms with Crippen LogP contribution in [0.2, 0.25) is 0 Å². The second-order valence-electron chi connectivity index (χ2n) is 4.74. The average molecular weight is 265 g/mol. The number of anilines is 1. The van der Waals surface area contributed by atoms with Crippen molar-refractivity contribution in [2.24, 2.45) is 5.73 Å². The smallest absolute Gasteiger partial charge is 0.225 e. The van der Waals surface area contributed by atoms with Gasteiger partial charge in [0.05, 0.1) is 5.69 Å². The van der Waals surface area contributed by atoms with Crippen molar-refractivity contribution in [3.8, 4) is 5.75 Å². The van der Waals surface area contributed by atoms with E-state index < -0.39 is 0 Å². The molecule has 0 aliphatic carbocycles. The van der Waals surface area contributed by atoms with Crippen molar-refractivity contribution in [1.82, 2.24) is 4.90 Å². The van der Waals surface area contributed by atoms with E-state index in [4.69, 9.17) is 10.5 Å². The number of hydrogen-bond donors (Lipinski definition) is 2. The minimum absolute atomic E-state index is 0.0937. The first-order chi connectivity index (χ1) is 9.02. The van der Waals surface area contributed by atoms with E-state index in [-0.39, 0.29) is 5.91 Å². The standard InChI is InChI=1S/C14H23N3O2/c1-11-4-5-12(16-14(18)6-7-15)13(10-11)19-9-8-17(2)3/h4-5,10H,6-9,15H2,1-3H3,(H,16,18). The largest absolute Gasteiger partial charge is 0.490 e. The summed E-state index contributed by atoms with van der Waals surface area (Å²) >= 11 is 0. The molecule has 0 saturated heterocycles. The van der Waals surface area contributed by atoms with Crippen LogP contribution >= 0.6 is 0 Å². The van der Waals surface area contributed by atoms with Crippen LogP contribution in [0.4, 0.5) is 5.69 Å². The van der Waals surface area contributed by atoms with Gasteiger partial charge in [-0.05, 0) is 38.7 Å². The maximum absolute atomic E-state index is 11.6. The van der Waals surface area contributed by atoms with Crippen molar-refractivity contribution in [2.75, 3.05) is 39.1 Å². The average Bonchev–Trinajstić information content (AvgIpc) is 2.32. The van der Waals surface area contributed by atoms with Crippen LogP contribution in [0.5, 0.6) is 5.75 Å². The normalized spacial score (nSPS) is 10.6. The van der Waals surface area contributed by atoms with Gasteiger partial charge in [0.2, 0.25) is 5.91 Å². The SMILES string of the molecule is Cc1ccc(NC(=O)CCN)c(OCCN(C)C)c1. The Labute approximate surface area is 114 Å². The van der Waals surface area contributed by atoms with Gasteiger partial charge < -0.3 is 20.7 Å². The Hall–Kier alpha value is -1.59. The van der Waals surface area contributed by atoms with Gasteiger partial charge in [-0.25, -0.2) is 0 Å². The van der Waals surface area contributed by atoms with Gasteiger partial charge in [0.1, 0.15) is 12.4 Å². The van der Waals surface area contributed by atoms with E-state index in [0.717, 1.165) is 12.1 Å². The van der Waals surface area contributed by atoms with E-state index in [9.17, 15) is 4.79 Å². The summed E-state index contributed by atoms with van der Waals surface area (Å²) in [6.07, 6.45) is 0.311. The lowest BCUT2D eigenvalue weighted by atomic mass is 10.2. The molecule has 1 aromatic rings. The van der Waals surface area contributed by atoms with Crippen molar-refractivity contribution in [2.45, 2.75) is 13.3 Å². The fraction of sp³-hybridized carbons (Fsp3) is 0.500. The molecular formula is C14H23N3O2. The molecule has 0 fully saturated rings. The molecule has 3 N–H and O–H groups in total. The molecule has 0 heterocycles. The summed E-state index contributed by atoms with van der Waals surface area (Å²) in [7, 11) is 3.98. The molecule has 0 bridgehead atoms. The maximum atomic E-state index is 11.6. The molecule has 1 aromatic carbocycles. The Morgan fingerprint density at radius 3 is 2.79 bits per heavy atom. The van der Waals surface area contributed by atoms with Gasteiger partial charge in [0, 0.05) is 19.5 Å². The molecule has 0 radical (unpaired) electrons. The van der Waals surface area contributed by atoms with Crippen LogP contribution in [0.15, 0.2) is 18.2 Å². The fourth-order valence-corrected chi connectivity index (χ4v) is 1.53. The molecule has 1 amide bonds. The number of rotatable bonds is 7. The Morgan fingerprint density at radius 2 is 2.16 bits per heavy atom. The van der Waals surface area contributed by atoms with Gasteiger partial charge in [0.25, 0.3) is 0 Å². The molecule has 0 aliphatic heterocycles. The highest BCUT2D eigenvalue weighted by atomic mass is 16.5. The first-order valence-electron chi connectivity index (χ1n) is 6.41. The number of amides is 1. The highest BCUT2D eigenvalue weighted by molar-refractivity contribution is 5.92. The van der Waals surface area contributed by atoms with Crippen LogP contribution in [-0.2, 0) is 4.79 Å². The van der Waals surface area contributed by atoms with Crippen molar-refractivity contribution < 1.29 is 9.53 Å². The first kappa shape index (κ1) is 15.5. The molecule has 0 aromatic heterocycles. The van der Waals surface area contributed by atoms with Gasteiger partial charge >= 0.3 is 0 Å². The van der Waals surface area contributed by atoms with E-state index in [2.05, 4.69) is 5.32 Å². The molecule has 0 aliphatic rings. The molecule has 5 heteroatoms. The number of nitrogens with zero attached hydrogens (tertiary/aromatic N) is 1. The zero-order valence-corrected chi connectivity index (χ0v) is 11.9. The van der Waals surface area contributed by atoms with Gasteiger partial charge in [-0.3, -0.25) is 4.79 Å². The zero-order chi connectivity index (χ0) is 14.3. The van der Waals surface area contributed by atoms with Gasteiger partial charge in [-0.2, -0.15) is 0 Å². The molecule has 0 atom stereocenters. The van der Waals surface area contributed by atoms with E-state index in [1.165, 1.54) is 0 Å².